The lowest BCUT2D eigenvalue weighted by Gasteiger charge is -2.30. The minimum Gasteiger partial charge on any atom is -0.488 e. The van der Waals surface area contributed by atoms with E-state index in [0.29, 0.717) is 19.6 Å². The Bertz CT molecular complexity index is 2110. The van der Waals surface area contributed by atoms with E-state index in [4.69, 9.17) is 19.4 Å². The number of aromatic amines is 2. The quantitative estimate of drug-likeness (QED) is 0.181. The highest BCUT2D eigenvalue weighted by molar-refractivity contribution is 5.87. The van der Waals surface area contributed by atoms with Crippen molar-refractivity contribution in [2.24, 2.45) is 11.3 Å². The number of amides is 3. The summed E-state index contributed by atoms with van der Waals surface area (Å²) in [5, 5.41) is 2.71. The lowest BCUT2D eigenvalue weighted by Crippen LogP contribution is -2.51. The molecule has 3 N–H and O–H groups in total. The van der Waals surface area contributed by atoms with E-state index in [9.17, 15) is 14.4 Å². The van der Waals surface area contributed by atoms with E-state index < -0.39 is 12.1 Å². The summed E-state index contributed by atoms with van der Waals surface area (Å²) in [6, 6.07) is 9.97. The number of H-pyrrole nitrogens is 2. The van der Waals surface area contributed by atoms with Crippen molar-refractivity contribution in [2.45, 2.75) is 104 Å². The number of carbonyl (C=O) groups excluding carboxylic acids is 3. The van der Waals surface area contributed by atoms with E-state index in [1.807, 2.05) is 29.8 Å². The number of methoxy groups -OCH3 is 1. The number of rotatable bonds is 7. The van der Waals surface area contributed by atoms with Crippen LogP contribution in [0.3, 0.4) is 0 Å². The van der Waals surface area contributed by atoms with Gasteiger partial charge in [0.1, 0.15) is 30.0 Å². The average molecular weight is 734 g/mol. The van der Waals surface area contributed by atoms with Gasteiger partial charge in [-0.3, -0.25) is 9.59 Å². The van der Waals surface area contributed by atoms with Crippen LogP contribution in [-0.2, 0) is 33.8 Å². The predicted molar refractivity (Wildman–Crippen MR) is 204 cm³/mol. The molecule has 12 heteroatoms. The van der Waals surface area contributed by atoms with Crippen LogP contribution in [0.1, 0.15) is 107 Å². The topological polar surface area (TPSA) is 146 Å². The number of fused-ring (bicyclic) bond motifs is 6. The first-order chi connectivity index (χ1) is 25.9. The maximum atomic E-state index is 13.6. The van der Waals surface area contributed by atoms with Crippen molar-refractivity contribution in [1.29, 1.82) is 0 Å². The Morgan fingerprint density at radius 1 is 0.944 bits per heavy atom. The van der Waals surface area contributed by atoms with Crippen molar-refractivity contribution < 1.29 is 23.9 Å². The predicted octanol–water partition coefficient (Wildman–Crippen LogP) is 7.27. The number of nitrogens with zero attached hydrogens (tertiary/aromatic N) is 4. The minimum atomic E-state index is -0.682. The molecule has 12 nitrogen and oxygen atoms in total. The number of ether oxygens (including phenoxy) is 2. The van der Waals surface area contributed by atoms with Gasteiger partial charge in [0.2, 0.25) is 11.8 Å². The largest absolute Gasteiger partial charge is 0.488 e. The Kier molecular flexibility index (Phi) is 9.26. The Morgan fingerprint density at radius 3 is 2.44 bits per heavy atom. The molecular weight excluding hydrogens is 683 g/mol. The highest BCUT2D eigenvalue weighted by Crippen LogP contribution is 2.46. The second kappa shape index (κ2) is 13.9. The number of aromatic nitrogens is 4. The van der Waals surface area contributed by atoms with Crippen molar-refractivity contribution in [3.05, 3.63) is 65.0 Å². The Labute approximate surface area is 316 Å². The van der Waals surface area contributed by atoms with Crippen molar-refractivity contribution >= 4 is 17.9 Å². The average Bonchev–Trinajstić information content (AvgIpc) is 3.97. The van der Waals surface area contributed by atoms with E-state index in [1.165, 1.54) is 12.7 Å². The van der Waals surface area contributed by atoms with Gasteiger partial charge < -0.3 is 34.6 Å². The molecule has 0 bridgehead atoms. The summed E-state index contributed by atoms with van der Waals surface area (Å²) in [5.74, 6) is 2.46. The fraction of sp³-hybridized carbons (Fsp3) is 0.500. The highest BCUT2D eigenvalue weighted by atomic mass is 16.5. The number of carbonyl (C=O) groups is 3. The number of nitrogens with one attached hydrogen (secondary N) is 3. The maximum absolute atomic E-state index is 13.6. The molecule has 4 aliphatic rings. The van der Waals surface area contributed by atoms with Gasteiger partial charge in [-0.05, 0) is 90.3 Å². The molecule has 0 radical (unpaired) electrons. The molecule has 8 rings (SSSR count). The van der Waals surface area contributed by atoms with Crippen molar-refractivity contribution in [3.63, 3.8) is 0 Å². The summed E-state index contributed by atoms with van der Waals surface area (Å²) in [5.41, 5.74) is 9.62. The van der Waals surface area contributed by atoms with Crippen LogP contribution in [0.4, 0.5) is 4.79 Å². The fourth-order valence-electron chi connectivity index (χ4n) is 8.68. The van der Waals surface area contributed by atoms with Crippen LogP contribution in [-0.4, -0.2) is 73.9 Å². The molecule has 0 unspecified atom stereocenters. The highest BCUT2D eigenvalue weighted by Gasteiger charge is 2.38. The molecule has 2 aromatic heterocycles. The third-order valence-corrected chi connectivity index (χ3v) is 11.4. The van der Waals surface area contributed by atoms with E-state index in [0.717, 1.165) is 107 Å². The first kappa shape index (κ1) is 35.9. The van der Waals surface area contributed by atoms with Gasteiger partial charge in [0.05, 0.1) is 36.8 Å². The minimum absolute atomic E-state index is 0.0121. The van der Waals surface area contributed by atoms with Crippen LogP contribution in [0.5, 0.6) is 5.75 Å². The normalized spacial score (nSPS) is 19.5. The summed E-state index contributed by atoms with van der Waals surface area (Å²) in [6.07, 6.45) is 7.08. The number of hydrogen-bond donors (Lipinski definition) is 3. The molecule has 0 spiro atoms. The van der Waals surface area contributed by atoms with Crippen LogP contribution in [0.2, 0.25) is 0 Å². The van der Waals surface area contributed by atoms with E-state index >= 15 is 0 Å². The molecule has 3 aliphatic heterocycles. The monoisotopic (exact) mass is 733 g/mol. The zero-order chi connectivity index (χ0) is 37.9. The Balaban J connectivity index is 1.01. The number of hydrogen-bond acceptors (Lipinski definition) is 7. The molecule has 0 saturated carbocycles. The molecule has 5 heterocycles. The Morgan fingerprint density at radius 2 is 1.70 bits per heavy atom. The van der Waals surface area contributed by atoms with Gasteiger partial charge in [-0.2, -0.15) is 0 Å². The van der Waals surface area contributed by atoms with Gasteiger partial charge in [-0.25, -0.2) is 14.8 Å². The molecular formula is C42H51N7O5. The van der Waals surface area contributed by atoms with Crippen molar-refractivity contribution in [3.8, 4) is 39.4 Å². The zero-order valence-electron chi connectivity index (χ0n) is 32.2. The van der Waals surface area contributed by atoms with Gasteiger partial charge in [-0.15, -0.1) is 0 Å². The molecule has 284 valence electrons. The lowest BCUT2D eigenvalue weighted by molar-refractivity contribution is -0.135. The summed E-state index contributed by atoms with van der Waals surface area (Å²) in [4.78, 5) is 59.7. The van der Waals surface area contributed by atoms with Gasteiger partial charge in [0, 0.05) is 36.3 Å². The van der Waals surface area contributed by atoms with E-state index in [2.05, 4.69) is 66.4 Å². The van der Waals surface area contributed by atoms with Crippen LogP contribution in [0.15, 0.2) is 36.5 Å². The molecule has 4 aromatic rings. The molecule has 2 saturated heterocycles. The Hall–Kier alpha value is -5.13. The first-order valence-corrected chi connectivity index (χ1v) is 19.4. The van der Waals surface area contributed by atoms with Gasteiger partial charge >= 0.3 is 6.09 Å². The molecule has 3 amide bonds. The number of likely N-dealkylation sites (tertiary alicyclic amines) is 2. The summed E-state index contributed by atoms with van der Waals surface area (Å²) < 4.78 is 11.2. The number of alkyl carbamates (subject to hydrolysis) is 1. The van der Waals surface area contributed by atoms with E-state index in [1.54, 1.807) is 0 Å². The second-order valence-electron chi connectivity index (χ2n) is 16.8. The summed E-state index contributed by atoms with van der Waals surface area (Å²) in [7, 11) is 1.30. The standard InChI is InChI=1S/C42H51N7O5/c1-23(2)36(47-41(52)53-6)40(51)49-16-8-9-32(49)38-43-21-31(45-38)25-11-13-27-26(17-25)22-54-34-19-28-24(18-29(27)34)12-14-30-37(28)46-39(44-30)33-10-7-15-48(33)35(50)20-42(3,4)5/h11,13,17-19,21,23,32-33,36H,7-10,12,14-16,20,22H2,1-6H3,(H,43,45)(H,44,46)(H,47,52)/t32-,33-,36-/m0/s1. The summed E-state index contributed by atoms with van der Waals surface area (Å²) >= 11 is 0. The van der Waals surface area contributed by atoms with Gasteiger partial charge in [0.25, 0.3) is 0 Å². The molecule has 54 heavy (non-hydrogen) atoms. The van der Waals surface area contributed by atoms with Crippen LogP contribution >= 0.6 is 0 Å². The van der Waals surface area contributed by atoms with Crippen molar-refractivity contribution in [2.75, 3.05) is 20.2 Å². The van der Waals surface area contributed by atoms with Gasteiger partial charge in [0.15, 0.2) is 0 Å². The summed E-state index contributed by atoms with van der Waals surface area (Å²) in [6.45, 7) is 12.0. The molecule has 2 aromatic carbocycles. The van der Waals surface area contributed by atoms with Crippen LogP contribution < -0.4 is 10.1 Å². The SMILES string of the molecule is COC(=O)N[C@H](C(=O)N1CCC[C@H]1c1ncc(-c2ccc3c(c2)COc2cc4c(cc2-3)CCc2[nH]c([C@@H]3CCCN3C(=O)CC(C)(C)C)nc2-4)[nH]1)C(C)C. The fourth-order valence-corrected chi connectivity index (χ4v) is 8.68. The number of aryl methyl sites for hydroxylation is 2. The third kappa shape index (κ3) is 6.64. The number of imidazole rings is 2. The maximum Gasteiger partial charge on any atom is 0.407 e. The number of benzene rings is 2. The van der Waals surface area contributed by atoms with Gasteiger partial charge in [-0.1, -0.05) is 46.8 Å². The molecule has 2 fully saturated rings. The lowest BCUT2D eigenvalue weighted by atomic mass is 9.86. The van der Waals surface area contributed by atoms with E-state index in [-0.39, 0.29) is 35.2 Å². The second-order valence-corrected chi connectivity index (χ2v) is 16.8. The zero-order valence-corrected chi connectivity index (χ0v) is 32.2. The van der Waals surface area contributed by atoms with Crippen LogP contribution in [0.25, 0.3) is 33.6 Å². The first-order valence-electron chi connectivity index (χ1n) is 19.4. The third-order valence-electron chi connectivity index (χ3n) is 11.4. The smallest absolute Gasteiger partial charge is 0.407 e. The van der Waals surface area contributed by atoms with Crippen LogP contribution in [0, 0.1) is 11.3 Å². The molecule has 3 atom stereocenters. The molecule has 1 aliphatic carbocycles. The van der Waals surface area contributed by atoms with Crippen molar-refractivity contribution in [1.82, 2.24) is 35.1 Å².